The molecule has 0 saturated heterocycles. The van der Waals surface area contributed by atoms with E-state index in [4.69, 9.17) is 11.6 Å². The number of rotatable bonds is 2. The molecule has 3 rings (SSSR count). The number of aryl methyl sites for hydroxylation is 1. The third-order valence-corrected chi connectivity index (χ3v) is 4.56. The third-order valence-electron chi connectivity index (χ3n) is 2.72. The van der Waals surface area contributed by atoms with Gasteiger partial charge in [0.15, 0.2) is 5.13 Å². The van der Waals surface area contributed by atoms with Crippen molar-refractivity contribution < 1.29 is 0 Å². The Balaban J connectivity index is 1.96. The number of hydrogen-bond acceptors (Lipinski definition) is 3. The van der Waals surface area contributed by atoms with Crippen molar-refractivity contribution in [3.05, 3.63) is 51.5 Å². The minimum atomic E-state index is 0.706. The van der Waals surface area contributed by atoms with Gasteiger partial charge in [-0.1, -0.05) is 29.0 Å². The molecule has 2 aromatic carbocycles. The van der Waals surface area contributed by atoms with Crippen molar-refractivity contribution in [2.24, 2.45) is 0 Å². The molecular formula is C14H10BrClN2S. The van der Waals surface area contributed by atoms with Gasteiger partial charge in [-0.15, -0.1) is 0 Å². The zero-order valence-electron chi connectivity index (χ0n) is 10.1. The van der Waals surface area contributed by atoms with Gasteiger partial charge in [0, 0.05) is 9.50 Å². The average molecular weight is 354 g/mol. The third kappa shape index (κ3) is 2.76. The molecule has 0 unspecified atom stereocenters. The van der Waals surface area contributed by atoms with Crippen molar-refractivity contribution in [2.45, 2.75) is 6.92 Å². The van der Waals surface area contributed by atoms with Crippen LogP contribution in [-0.2, 0) is 0 Å². The zero-order chi connectivity index (χ0) is 13.4. The molecule has 1 N–H and O–H groups in total. The highest BCUT2D eigenvalue weighted by atomic mass is 79.9. The van der Waals surface area contributed by atoms with Crippen LogP contribution in [0.4, 0.5) is 10.8 Å². The molecule has 0 aliphatic rings. The van der Waals surface area contributed by atoms with Gasteiger partial charge in [0.1, 0.15) is 0 Å². The number of anilines is 2. The Bertz CT molecular complexity index is 754. The van der Waals surface area contributed by atoms with Crippen LogP contribution in [0.5, 0.6) is 0 Å². The van der Waals surface area contributed by atoms with E-state index in [2.05, 4.69) is 51.4 Å². The maximum Gasteiger partial charge on any atom is 0.188 e. The maximum absolute atomic E-state index is 5.93. The summed E-state index contributed by atoms with van der Waals surface area (Å²) in [6, 6.07) is 11.9. The van der Waals surface area contributed by atoms with E-state index in [1.165, 1.54) is 10.3 Å². The second-order valence-corrected chi connectivity index (χ2v) is 6.56. The molecule has 0 aliphatic carbocycles. The van der Waals surface area contributed by atoms with Gasteiger partial charge in [-0.2, -0.15) is 0 Å². The van der Waals surface area contributed by atoms with E-state index in [9.17, 15) is 0 Å². The van der Waals surface area contributed by atoms with Crippen LogP contribution in [-0.4, -0.2) is 4.98 Å². The Morgan fingerprint density at radius 2 is 2.05 bits per heavy atom. The predicted molar refractivity (Wildman–Crippen MR) is 86.8 cm³/mol. The molecule has 1 aromatic heterocycles. The van der Waals surface area contributed by atoms with Crippen LogP contribution in [0.25, 0.3) is 10.2 Å². The fourth-order valence-corrected chi connectivity index (χ4v) is 3.44. The van der Waals surface area contributed by atoms with Gasteiger partial charge in [-0.3, -0.25) is 0 Å². The molecule has 3 aromatic rings. The van der Waals surface area contributed by atoms with Gasteiger partial charge in [0.2, 0.25) is 0 Å². The van der Waals surface area contributed by atoms with Crippen molar-refractivity contribution in [3.8, 4) is 0 Å². The molecule has 19 heavy (non-hydrogen) atoms. The van der Waals surface area contributed by atoms with Gasteiger partial charge in [-0.25, -0.2) is 4.98 Å². The van der Waals surface area contributed by atoms with E-state index < -0.39 is 0 Å². The van der Waals surface area contributed by atoms with Crippen LogP contribution < -0.4 is 5.32 Å². The fourth-order valence-electron chi connectivity index (χ4n) is 1.80. The summed E-state index contributed by atoms with van der Waals surface area (Å²) in [5, 5.41) is 4.89. The van der Waals surface area contributed by atoms with E-state index >= 15 is 0 Å². The average Bonchev–Trinajstić information content (AvgIpc) is 2.74. The van der Waals surface area contributed by atoms with Crippen molar-refractivity contribution >= 4 is 59.9 Å². The van der Waals surface area contributed by atoms with Crippen LogP contribution in [0.3, 0.4) is 0 Å². The number of fused-ring (bicyclic) bond motifs is 1. The molecule has 96 valence electrons. The van der Waals surface area contributed by atoms with Crippen molar-refractivity contribution in [3.63, 3.8) is 0 Å². The Morgan fingerprint density at radius 1 is 1.21 bits per heavy atom. The number of aromatic nitrogens is 1. The summed E-state index contributed by atoms with van der Waals surface area (Å²) in [6.07, 6.45) is 0. The molecule has 0 fully saturated rings. The van der Waals surface area contributed by atoms with E-state index in [-0.39, 0.29) is 0 Å². The molecule has 0 spiro atoms. The number of nitrogens with one attached hydrogen (secondary N) is 1. The van der Waals surface area contributed by atoms with E-state index in [1.807, 2.05) is 18.2 Å². The molecule has 0 atom stereocenters. The quantitative estimate of drug-likeness (QED) is 0.633. The summed E-state index contributed by atoms with van der Waals surface area (Å²) in [7, 11) is 0. The lowest BCUT2D eigenvalue weighted by Crippen LogP contribution is -1.90. The molecule has 5 heteroatoms. The number of thiazole rings is 1. The zero-order valence-corrected chi connectivity index (χ0v) is 13.2. The lowest BCUT2D eigenvalue weighted by Gasteiger charge is -2.05. The summed E-state index contributed by atoms with van der Waals surface area (Å²) < 4.78 is 2.11. The summed E-state index contributed by atoms with van der Waals surface area (Å²) in [6.45, 7) is 2.07. The highest BCUT2D eigenvalue weighted by Crippen LogP contribution is 2.32. The minimum Gasteiger partial charge on any atom is -0.331 e. The van der Waals surface area contributed by atoms with E-state index in [1.54, 1.807) is 11.3 Å². The van der Waals surface area contributed by atoms with Crippen molar-refractivity contribution in [1.82, 2.24) is 4.98 Å². The van der Waals surface area contributed by atoms with Crippen LogP contribution in [0.2, 0.25) is 5.02 Å². The maximum atomic E-state index is 5.93. The number of nitrogens with zero attached hydrogens (tertiary/aromatic N) is 1. The first-order valence-electron chi connectivity index (χ1n) is 5.71. The minimum absolute atomic E-state index is 0.706. The Morgan fingerprint density at radius 3 is 2.84 bits per heavy atom. The second kappa shape index (κ2) is 5.12. The van der Waals surface area contributed by atoms with Gasteiger partial charge >= 0.3 is 0 Å². The van der Waals surface area contributed by atoms with Crippen LogP contribution in [0.1, 0.15) is 5.56 Å². The first-order chi connectivity index (χ1) is 9.11. The standard InChI is InChI=1S/C14H10BrClN2S/c1-8-2-5-13-12(6-8)18-14(19-13)17-11-4-3-9(16)7-10(11)15/h2-7H,1H3,(H,17,18). The summed E-state index contributed by atoms with van der Waals surface area (Å²) >= 11 is 11.1. The highest BCUT2D eigenvalue weighted by Gasteiger charge is 2.06. The lowest BCUT2D eigenvalue weighted by molar-refractivity contribution is 1.42. The summed E-state index contributed by atoms with van der Waals surface area (Å²) in [4.78, 5) is 4.59. The molecule has 0 aliphatic heterocycles. The predicted octanol–water partition coefficient (Wildman–Crippen LogP) is 5.76. The molecule has 0 saturated carbocycles. The summed E-state index contributed by atoms with van der Waals surface area (Å²) in [5.74, 6) is 0. The van der Waals surface area contributed by atoms with Gasteiger partial charge in [0.05, 0.1) is 15.9 Å². The van der Waals surface area contributed by atoms with E-state index in [0.29, 0.717) is 5.02 Å². The molecule has 2 nitrogen and oxygen atoms in total. The molecule has 1 heterocycles. The molecule has 0 bridgehead atoms. The fraction of sp³-hybridized carbons (Fsp3) is 0.0714. The van der Waals surface area contributed by atoms with Crippen LogP contribution in [0.15, 0.2) is 40.9 Å². The Kier molecular flexibility index (Phi) is 3.48. The Labute approximate surface area is 128 Å². The van der Waals surface area contributed by atoms with Gasteiger partial charge in [0.25, 0.3) is 0 Å². The smallest absolute Gasteiger partial charge is 0.188 e. The Hall–Kier alpha value is -1.10. The van der Waals surface area contributed by atoms with E-state index in [0.717, 1.165) is 20.8 Å². The van der Waals surface area contributed by atoms with Crippen LogP contribution in [0, 0.1) is 6.92 Å². The van der Waals surface area contributed by atoms with Gasteiger partial charge < -0.3 is 5.32 Å². The first-order valence-corrected chi connectivity index (χ1v) is 7.70. The lowest BCUT2D eigenvalue weighted by atomic mass is 10.2. The first kappa shape index (κ1) is 12.9. The molecule has 0 amide bonds. The largest absolute Gasteiger partial charge is 0.331 e. The summed E-state index contributed by atoms with van der Waals surface area (Å²) in [5.41, 5.74) is 3.20. The number of halogens is 2. The topological polar surface area (TPSA) is 24.9 Å². The number of hydrogen-bond donors (Lipinski definition) is 1. The van der Waals surface area contributed by atoms with Crippen molar-refractivity contribution in [2.75, 3.05) is 5.32 Å². The van der Waals surface area contributed by atoms with Crippen LogP contribution >= 0.6 is 38.9 Å². The monoisotopic (exact) mass is 352 g/mol. The van der Waals surface area contributed by atoms with Gasteiger partial charge in [-0.05, 0) is 58.7 Å². The molecular weight excluding hydrogens is 344 g/mol. The molecule has 0 radical (unpaired) electrons. The normalized spacial score (nSPS) is 10.9. The van der Waals surface area contributed by atoms with Crippen molar-refractivity contribution in [1.29, 1.82) is 0 Å². The SMILES string of the molecule is Cc1ccc2sc(Nc3ccc(Cl)cc3Br)nc2c1. The second-order valence-electron chi connectivity index (χ2n) is 4.24. The highest BCUT2D eigenvalue weighted by molar-refractivity contribution is 9.10. The number of benzene rings is 2.